The summed E-state index contributed by atoms with van der Waals surface area (Å²) in [6, 6.07) is 5.31. The minimum atomic E-state index is -0.297. The number of carbonyl (C=O) groups is 2. The van der Waals surface area contributed by atoms with Crippen molar-refractivity contribution in [3.63, 3.8) is 0 Å². The van der Waals surface area contributed by atoms with Crippen LogP contribution >= 0.6 is 0 Å². The number of nitrogens with zero attached hydrogens (tertiary/aromatic N) is 2. The number of ether oxygens (including phenoxy) is 2. The van der Waals surface area contributed by atoms with E-state index in [1.807, 2.05) is 13.8 Å². The summed E-state index contributed by atoms with van der Waals surface area (Å²) < 4.78 is 10.5. The van der Waals surface area contributed by atoms with Gasteiger partial charge >= 0.3 is 0 Å². The van der Waals surface area contributed by atoms with Crippen LogP contribution in [-0.2, 0) is 9.59 Å². The summed E-state index contributed by atoms with van der Waals surface area (Å²) in [5, 5.41) is 0. The van der Waals surface area contributed by atoms with E-state index in [9.17, 15) is 9.59 Å². The maximum atomic E-state index is 12.5. The van der Waals surface area contributed by atoms with Gasteiger partial charge in [0.2, 0.25) is 11.8 Å². The third-order valence-corrected chi connectivity index (χ3v) is 4.23. The molecule has 1 fully saturated rings. The van der Waals surface area contributed by atoms with Gasteiger partial charge in [-0.15, -0.1) is 0 Å². The summed E-state index contributed by atoms with van der Waals surface area (Å²) in [6.07, 6.45) is 0.241. The fourth-order valence-electron chi connectivity index (χ4n) is 2.91. The van der Waals surface area contributed by atoms with E-state index in [-0.39, 0.29) is 24.2 Å². The standard InChI is InChI=1S/C17H24N2O4/c1-5-18(6-2)17(21)12-9-16(20)19(11-12)14-8-7-13(22-3)10-15(14)23-4/h7-8,10,12H,5-6,9,11H2,1-4H3/t12-/m0/s1. The van der Waals surface area contributed by atoms with E-state index >= 15 is 0 Å². The van der Waals surface area contributed by atoms with Crippen molar-refractivity contribution < 1.29 is 19.1 Å². The minimum absolute atomic E-state index is 0.0401. The van der Waals surface area contributed by atoms with Crippen LogP contribution in [0.2, 0.25) is 0 Å². The molecule has 1 atom stereocenters. The highest BCUT2D eigenvalue weighted by Gasteiger charge is 2.37. The number of methoxy groups -OCH3 is 2. The molecule has 0 saturated carbocycles. The third kappa shape index (κ3) is 3.41. The Balaban J connectivity index is 2.22. The Morgan fingerprint density at radius 3 is 2.52 bits per heavy atom. The van der Waals surface area contributed by atoms with Crippen molar-refractivity contribution in [3.8, 4) is 11.5 Å². The molecule has 0 unspecified atom stereocenters. The summed E-state index contributed by atoms with van der Waals surface area (Å²) in [5.74, 6) is 0.910. The minimum Gasteiger partial charge on any atom is -0.497 e. The molecule has 0 aliphatic carbocycles. The molecule has 1 aromatic carbocycles. The first-order valence-electron chi connectivity index (χ1n) is 7.86. The number of amides is 2. The summed E-state index contributed by atoms with van der Waals surface area (Å²) in [5.41, 5.74) is 0.674. The van der Waals surface area contributed by atoms with Crippen LogP contribution in [0.3, 0.4) is 0 Å². The SMILES string of the molecule is CCN(CC)C(=O)[C@H]1CC(=O)N(c2ccc(OC)cc2OC)C1. The molecule has 2 amide bonds. The molecule has 2 rings (SSSR count). The van der Waals surface area contributed by atoms with Crippen molar-refractivity contribution in [1.82, 2.24) is 4.90 Å². The molecule has 1 aliphatic heterocycles. The van der Waals surface area contributed by atoms with Gasteiger partial charge in [0, 0.05) is 32.1 Å². The molecule has 0 radical (unpaired) electrons. The highest BCUT2D eigenvalue weighted by molar-refractivity contribution is 6.01. The van der Waals surface area contributed by atoms with Gasteiger partial charge in [-0.3, -0.25) is 9.59 Å². The van der Waals surface area contributed by atoms with Gasteiger partial charge in [0.1, 0.15) is 11.5 Å². The van der Waals surface area contributed by atoms with Crippen LogP contribution in [-0.4, -0.2) is 50.6 Å². The first kappa shape index (κ1) is 17.1. The van der Waals surface area contributed by atoms with Gasteiger partial charge in [0.05, 0.1) is 25.8 Å². The van der Waals surface area contributed by atoms with Crippen molar-refractivity contribution in [2.75, 3.05) is 38.8 Å². The van der Waals surface area contributed by atoms with Crippen LogP contribution in [0.25, 0.3) is 0 Å². The predicted molar refractivity (Wildman–Crippen MR) is 87.9 cm³/mol. The summed E-state index contributed by atoms with van der Waals surface area (Å²) in [7, 11) is 3.13. The van der Waals surface area contributed by atoms with Gasteiger partial charge in [-0.05, 0) is 26.0 Å². The predicted octanol–water partition coefficient (Wildman–Crippen LogP) is 1.93. The summed E-state index contributed by atoms with van der Waals surface area (Å²) in [4.78, 5) is 28.3. The number of anilines is 1. The Bertz CT molecular complexity index is 584. The molecule has 0 N–H and O–H groups in total. The molecule has 0 aromatic heterocycles. The summed E-state index contributed by atoms with van der Waals surface area (Å²) in [6.45, 7) is 5.60. The van der Waals surface area contributed by atoms with E-state index in [0.717, 1.165) is 0 Å². The van der Waals surface area contributed by atoms with E-state index in [2.05, 4.69) is 0 Å². The van der Waals surface area contributed by atoms with Crippen molar-refractivity contribution in [1.29, 1.82) is 0 Å². The molecule has 23 heavy (non-hydrogen) atoms. The van der Waals surface area contributed by atoms with Crippen molar-refractivity contribution in [2.24, 2.45) is 5.92 Å². The average Bonchev–Trinajstić information content (AvgIpc) is 2.96. The highest BCUT2D eigenvalue weighted by atomic mass is 16.5. The average molecular weight is 320 g/mol. The largest absolute Gasteiger partial charge is 0.497 e. The zero-order valence-corrected chi connectivity index (χ0v) is 14.2. The Kier molecular flexibility index (Phi) is 5.47. The van der Waals surface area contributed by atoms with Gasteiger partial charge in [-0.25, -0.2) is 0 Å². The molecule has 1 saturated heterocycles. The van der Waals surface area contributed by atoms with Crippen LogP contribution in [0.1, 0.15) is 20.3 Å². The van der Waals surface area contributed by atoms with Crippen molar-refractivity contribution in [3.05, 3.63) is 18.2 Å². The maximum Gasteiger partial charge on any atom is 0.227 e. The quantitative estimate of drug-likeness (QED) is 0.803. The van der Waals surface area contributed by atoms with E-state index in [0.29, 0.717) is 36.8 Å². The Labute approximate surface area is 137 Å². The van der Waals surface area contributed by atoms with Gasteiger partial charge in [0.15, 0.2) is 0 Å². The first-order chi connectivity index (χ1) is 11.0. The Morgan fingerprint density at radius 2 is 1.96 bits per heavy atom. The first-order valence-corrected chi connectivity index (χ1v) is 7.86. The topological polar surface area (TPSA) is 59.1 Å². The second kappa shape index (κ2) is 7.35. The number of rotatable bonds is 6. The van der Waals surface area contributed by atoms with Crippen LogP contribution < -0.4 is 14.4 Å². The van der Waals surface area contributed by atoms with Crippen LogP contribution in [0.4, 0.5) is 5.69 Å². The molecule has 126 valence electrons. The van der Waals surface area contributed by atoms with Gasteiger partial charge in [0.25, 0.3) is 0 Å². The number of carbonyl (C=O) groups excluding carboxylic acids is 2. The van der Waals surface area contributed by atoms with Gasteiger partial charge in [-0.1, -0.05) is 0 Å². The molecule has 0 bridgehead atoms. The monoisotopic (exact) mass is 320 g/mol. The van der Waals surface area contributed by atoms with Crippen molar-refractivity contribution in [2.45, 2.75) is 20.3 Å². The fourth-order valence-corrected chi connectivity index (χ4v) is 2.91. The molecule has 1 heterocycles. The zero-order chi connectivity index (χ0) is 17.0. The van der Waals surface area contributed by atoms with Gasteiger partial charge in [-0.2, -0.15) is 0 Å². The second-order valence-corrected chi connectivity index (χ2v) is 5.45. The lowest BCUT2D eigenvalue weighted by Gasteiger charge is -2.23. The van der Waals surface area contributed by atoms with Crippen molar-refractivity contribution >= 4 is 17.5 Å². The number of hydrogen-bond donors (Lipinski definition) is 0. The van der Waals surface area contributed by atoms with Crippen LogP contribution in [0, 0.1) is 5.92 Å². The van der Waals surface area contributed by atoms with E-state index in [1.165, 1.54) is 0 Å². The molecular weight excluding hydrogens is 296 g/mol. The maximum absolute atomic E-state index is 12.5. The highest BCUT2D eigenvalue weighted by Crippen LogP contribution is 2.36. The second-order valence-electron chi connectivity index (χ2n) is 5.45. The molecule has 0 spiro atoms. The Morgan fingerprint density at radius 1 is 1.26 bits per heavy atom. The lowest BCUT2D eigenvalue weighted by Crippen LogP contribution is -2.37. The molecular formula is C17H24N2O4. The van der Waals surface area contributed by atoms with E-state index in [1.54, 1.807) is 42.2 Å². The van der Waals surface area contributed by atoms with E-state index in [4.69, 9.17) is 9.47 Å². The molecule has 6 heteroatoms. The van der Waals surface area contributed by atoms with Gasteiger partial charge < -0.3 is 19.3 Å². The van der Waals surface area contributed by atoms with Crippen LogP contribution in [0.5, 0.6) is 11.5 Å². The number of benzene rings is 1. The van der Waals surface area contributed by atoms with Crippen LogP contribution in [0.15, 0.2) is 18.2 Å². The molecule has 6 nitrogen and oxygen atoms in total. The smallest absolute Gasteiger partial charge is 0.227 e. The Hall–Kier alpha value is -2.24. The summed E-state index contributed by atoms with van der Waals surface area (Å²) >= 11 is 0. The zero-order valence-electron chi connectivity index (χ0n) is 14.2. The fraction of sp³-hybridized carbons (Fsp3) is 0.529. The third-order valence-electron chi connectivity index (χ3n) is 4.23. The lowest BCUT2D eigenvalue weighted by molar-refractivity contribution is -0.135. The number of hydrogen-bond acceptors (Lipinski definition) is 4. The lowest BCUT2D eigenvalue weighted by atomic mass is 10.1. The molecule has 1 aliphatic rings. The van der Waals surface area contributed by atoms with E-state index < -0.39 is 0 Å². The molecule has 1 aromatic rings. The normalized spacial score (nSPS) is 17.3.